The van der Waals surface area contributed by atoms with Crippen molar-refractivity contribution >= 4 is 28.7 Å². The van der Waals surface area contributed by atoms with Crippen LogP contribution in [-0.4, -0.2) is 9.43 Å². The number of rotatable bonds is 3. The minimum Gasteiger partial charge on any atom is -0.345 e. The lowest BCUT2D eigenvalue weighted by atomic mass is 10.1. The number of nitriles is 1. The highest BCUT2D eigenvalue weighted by molar-refractivity contribution is 7.81. The molecule has 1 heterocycles. The van der Waals surface area contributed by atoms with E-state index in [2.05, 4.69) is 6.07 Å². The molecule has 0 fully saturated rings. The first-order valence-corrected chi connectivity index (χ1v) is 6.65. The number of halogens is 1. The molecule has 0 aliphatic rings. The molecule has 0 saturated heterocycles. The number of aromatic nitrogens is 1. The molecule has 4 heteroatoms. The van der Waals surface area contributed by atoms with Crippen molar-refractivity contribution in [3.8, 4) is 6.07 Å². The number of nitrogens with zero attached hydrogens (tertiary/aromatic N) is 2. The summed E-state index contributed by atoms with van der Waals surface area (Å²) in [5.74, 6) is 0. The lowest BCUT2D eigenvalue weighted by molar-refractivity contribution is 0.853. The number of hydrogen-bond donors (Lipinski definition) is 0. The highest BCUT2D eigenvalue weighted by atomic mass is 35.5. The van der Waals surface area contributed by atoms with Gasteiger partial charge in [-0.05, 0) is 18.6 Å². The van der Waals surface area contributed by atoms with E-state index in [0.29, 0.717) is 16.3 Å². The summed E-state index contributed by atoms with van der Waals surface area (Å²) in [4.78, 5) is 0.705. The van der Waals surface area contributed by atoms with Gasteiger partial charge < -0.3 is 4.57 Å². The van der Waals surface area contributed by atoms with Crippen molar-refractivity contribution in [2.24, 2.45) is 7.05 Å². The van der Waals surface area contributed by atoms with Gasteiger partial charge in [0.05, 0.1) is 28.1 Å². The van der Waals surface area contributed by atoms with E-state index in [4.69, 9.17) is 29.1 Å². The molecule has 0 bridgehead atoms. The second-order valence-corrected chi connectivity index (χ2v) is 5.24. The topological polar surface area (TPSA) is 28.7 Å². The Labute approximate surface area is 123 Å². The molecule has 0 saturated carbocycles. The minimum absolute atomic E-state index is 0.326. The third-order valence-corrected chi connectivity index (χ3v) is 3.79. The van der Waals surface area contributed by atoms with E-state index in [9.17, 15) is 0 Å². The van der Waals surface area contributed by atoms with Crippen molar-refractivity contribution < 1.29 is 0 Å². The van der Waals surface area contributed by atoms with Gasteiger partial charge in [-0.25, -0.2) is 0 Å². The molecule has 0 amide bonds. The van der Waals surface area contributed by atoms with Gasteiger partial charge in [-0.3, -0.25) is 0 Å². The van der Waals surface area contributed by atoms with Gasteiger partial charge >= 0.3 is 0 Å². The fourth-order valence-corrected chi connectivity index (χ4v) is 2.75. The second kappa shape index (κ2) is 5.56. The zero-order valence-corrected chi connectivity index (χ0v) is 12.3. The highest BCUT2D eigenvalue weighted by Gasteiger charge is 2.16. The molecule has 19 heavy (non-hydrogen) atoms. The Bertz CT molecular complexity index is 663. The summed E-state index contributed by atoms with van der Waals surface area (Å²) in [5.41, 5.74) is 3.82. The second-order valence-electron chi connectivity index (χ2n) is 4.42. The Morgan fingerprint density at radius 2 is 2.00 bits per heavy atom. The first-order valence-electron chi connectivity index (χ1n) is 5.87. The fourth-order valence-electron chi connectivity index (χ4n) is 1.97. The summed E-state index contributed by atoms with van der Waals surface area (Å²) in [5, 5.41) is 9.39. The van der Waals surface area contributed by atoms with E-state index in [1.807, 2.05) is 42.8 Å². The summed E-state index contributed by atoms with van der Waals surface area (Å²) < 4.78 is 1.90. The molecule has 0 spiro atoms. The van der Waals surface area contributed by atoms with Crippen molar-refractivity contribution in [3.05, 3.63) is 57.9 Å². The van der Waals surface area contributed by atoms with Crippen LogP contribution in [0.5, 0.6) is 0 Å². The van der Waals surface area contributed by atoms with Crippen molar-refractivity contribution in [2.75, 3.05) is 0 Å². The summed E-state index contributed by atoms with van der Waals surface area (Å²) in [6.07, 6.45) is 0.326. The van der Waals surface area contributed by atoms with Crippen molar-refractivity contribution in [3.63, 3.8) is 0 Å². The van der Waals surface area contributed by atoms with E-state index in [1.54, 1.807) is 6.07 Å². The Morgan fingerprint density at radius 1 is 1.37 bits per heavy atom. The summed E-state index contributed by atoms with van der Waals surface area (Å²) >= 11 is 11.8. The van der Waals surface area contributed by atoms with Gasteiger partial charge in [0.1, 0.15) is 0 Å². The minimum atomic E-state index is 0.326. The molecule has 2 nitrogen and oxygen atoms in total. The molecule has 0 aliphatic carbocycles. The maximum Gasteiger partial charge on any atom is 0.0785 e. The van der Waals surface area contributed by atoms with Gasteiger partial charge in [0.15, 0.2) is 0 Å². The van der Waals surface area contributed by atoms with Crippen LogP contribution >= 0.6 is 23.8 Å². The van der Waals surface area contributed by atoms with Crippen LogP contribution < -0.4 is 0 Å². The number of benzene rings is 1. The summed E-state index contributed by atoms with van der Waals surface area (Å²) in [6.45, 7) is 2.04. The van der Waals surface area contributed by atoms with Crippen LogP contribution in [0.25, 0.3) is 0 Å². The van der Waals surface area contributed by atoms with Crippen LogP contribution in [-0.2, 0) is 13.5 Å². The molecule has 1 aromatic carbocycles. The molecule has 0 atom stereocenters. The van der Waals surface area contributed by atoms with Crippen molar-refractivity contribution in [1.29, 1.82) is 5.26 Å². The van der Waals surface area contributed by atoms with Crippen LogP contribution in [0.1, 0.15) is 22.5 Å². The van der Waals surface area contributed by atoms with Crippen LogP contribution in [0.2, 0.25) is 5.02 Å². The third-order valence-electron chi connectivity index (χ3n) is 3.07. The molecule has 2 aromatic rings. The number of thiocarbonyl (C=S) groups is 1. The van der Waals surface area contributed by atoms with E-state index in [0.717, 1.165) is 17.0 Å². The number of hydrogen-bond acceptors (Lipinski definition) is 2. The third kappa shape index (κ3) is 2.70. The van der Waals surface area contributed by atoms with E-state index >= 15 is 0 Å². The highest BCUT2D eigenvalue weighted by Crippen LogP contribution is 2.24. The zero-order chi connectivity index (χ0) is 14.0. The van der Waals surface area contributed by atoms with Crippen LogP contribution in [0, 0.1) is 18.3 Å². The van der Waals surface area contributed by atoms with Gasteiger partial charge in [-0.15, -0.1) is 0 Å². The fraction of sp³-hybridized carbons (Fsp3) is 0.200. The quantitative estimate of drug-likeness (QED) is 0.634. The molecule has 2 rings (SSSR count). The average molecular weight is 289 g/mol. The Kier molecular flexibility index (Phi) is 4.04. The van der Waals surface area contributed by atoms with E-state index in [-0.39, 0.29) is 0 Å². The van der Waals surface area contributed by atoms with E-state index in [1.165, 1.54) is 5.56 Å². The first-order chi connectivity index (χ1) is 9.04. The Hall–Kier alpha value is -1.63. The molecule has 96 valence electrons. The lowest BCUT2D eigenvalue weighted by Crippen LogP contribution is -2.08. The molecule has 0 unspecified atom stereocenters. The van der Waals surface area contributed by atoms with Gasteiger partial charge in [0, 0.05) is 12.7 Å². The molecular formula is C15H13ClN2S. The summed E-state index contributed by atoms with van der Waals surface area (Å²) in [7, 11) is 1.88. The predicted molar refractivity (Wildman–Crippen MR) is 81.7 cm³/mol. The average Bonchev–Trinajstić information content (AvgIpc) is 2.65. The van der Waals surface area contributed by atoms with Gasteiger partial charge in [-0.2, -0.15) is 5.26 Å². The SMILES string of the molecule is Cc1ccc(C(=S)c2c(Cl)cc(CC#N)n2C)cc1. The van der Waals surface area contributed by atoms with Crippen LogP contribution in [0.3, 0.4) is 0 Å². The predicted octanol–water partition coefficient (Wildman–Crippen LogP) is 3.82. The largest absolute Gasteiger partial charge is 0.345 e. The maximum absolute atomic E-state index is 8.79. The number of aryl methyl sites for hydroxylation is 1. The van der Waals surface area contributed by atoms with Gasteiger partial charge in [0.2, 0.25) is 0 Å². The standard InChI is InChI=1S/C15H13ClN2S/c1-10-3-5-11(6-4-10)15(19)14-13(16)9-12(7-8-17)18(14)2/h3-6,9H,7H2,1-2H3. The monoisotopic (exact) mass is 288 g/mol. The van der Waals surface area contributed by atoms with Crippen LogP contribution in [0.15, 0.2) is 30.3 Å². The Morgan fingerprint density at radius 3 is 2.58 bits per heavy atom. The van der Waals surface area contributed by atoms with Gasteiger partial charge in [0.25, 0.3) is 0 Å². The van der Waals surface area contributed by atoms with Crippen LogP contribution in [0.4, 0.5) is 0 Å². The molecular weight excluding hydrogens is 276 g/mol. The maximum atomic E-state index is 8.79. The lowest BCUT2D eigenvalue weighted by Gasteiger charge is -2.08. The molecule has 0 aliphatic heterocycles. The van der Waals surface area contributed by atoms with Gasteiger partial charge in [-0.1, -0.05) is 53.6 Å². The molecule has 1 aromatic heterocycles. The Balaban J connectivity index is 2.45. The van der Waals surface area contributed by atoms with E-state index < -0.39 is 0 Å². The zero-order valence-electron chi connectivity index (χ0n) is 10.8. The molecule has 0 radical (unpaired) electrons. The van der Waals surface area contributed by atoms with Crippen molar-refractivity contribution in [1.82, 2.24) is 4.57 Å². The van der Waals surface area contributed by atoms with Crippen molar-refractivity contribution in [2.45, 2.75) is 13.3 Å². The first kappa shape index (κ1) is 13.8. The summed E-state index contributed by atoms with van der Waals surface area (Å²) in [6, 6.07) is 12.0. The molecule has 0 N–H and O–H groups in total. The normalized spacial score (nSPS) is 10.2. The smallest absolute Gasteiger partial charge is 0.0785 e.